The van der Waals surface area contributed by atoms with Gasteiger partial charge in [-0.15, -0.1) is 0 Å². The number of nitrogens with one attached hydrogen (secondary N) is 1. The second kappa shape index (κ2) is 8.70. The summed E-state index contributed by atoms with van der Waals surface area (Å²) in [6, 6.07) is 6.37. The second-order valence-corrected chi connectivity index (χ2v) is 7.57. The van der Waals surface area contributed by atoms with E-state index >= 15 is 0 Å². The molecule has 0 saturated carbocycles. The number of hydrogen-bond acceptors (Lipinski definition) is 4. The van der Waals surface area contributed by atoms with Crippen molar-refractivity contribution < 1.29 is 9.59 Å². The highest BCUT2D eigenvalue weighted by Crippen LogP contribution is 2.37. The zero-order valence-electron chi connectivity index (χ0n) is 16.5. The van der Waals surface area contributed by atoms with Crippen molar-refractivity contribution in [2.24, 2.45) is 0 Å². The number of likely N-dealkylation sites (N-methyl/N-ethyl adjacent to an activating group) is 1. The summed E-state index contributed by atoms with van der Waals surface area (Å²) >= 11 is 0. The van der Waals surface area contributed by atoms with Gasteiger partial charge in [0, 0.05) is 31.3 Å². The Labute approximate surface area is 162 Å². The third-order valence-electron chi connectivity index (χ3n) is 6.12. The van der Waals surface area contributed by atoms with Crippen molar-refractivity contribution in [3.05, 3.63) is 41.5 Å². The van der Waals surface area contributed by atoms with Crippen LogP contribution in [-0.4, -0.2) is 54.7 Å². The minimum atomic E-state index is -0.351. The number of aldehydes is 1. The molecule has 1 atom stereocenters. The predicted octanol–water partition coefficient (Wildman–Crippen LogP) is 2.77. The number of fused-ring (bicyclic) bond motifs is 1. The van der Waals surface area contributed by atoms with Crippen molar-refractivity contribution in [2.75, 3.05) is 26.7 Å². The molecule has 0 aliphatic carbocycles. The van der Waals surface area contributed by atoms with Gasteiger partial charge in [-0.05, 0) is 55.9 Å². The lowest BCUT2D eigenvalue weighted by atomic mass is 9.88. The van der Waals surface area contributed by atoms with Gasteiger partial charge >= 0.3 is 0 Å². The first kappa shape index (κ1) is 19.6. The van der Waals surface area contributed by atoms with E-state index in [1.807, 2.05) is 0 Å². The van der Waals surface area contributed by atoms with Crippen LogP contribution in [0.15, 0.2) is 24.8 Å². The molecule has 1 amide bonds. The number of carbonyl (C=O) groups is 2. The molecule has 5 nitrogen and oxygen atoms in total. The topological polar surface area (TPSA) is 52.7 Å². The molecule has 5 heteroatoms. The first-order valence-corrected chi connectivity index (χ1v) is 10.0. The van der Waals surface area contributed by atoms with Crippen molar-refractivity contribution in [2.45, 2.75) is 51.1 Å². The number of likely N-dealkylation sites (tertiary alicyclic amines) is 1. The molecule has 0 radical (unpaired) electrons. The number of nitrogens with zero attached hydrogens (tertiary/aromatic N) is 2. The lowest BCUT2D eigenvalue weighted by Gasteiger charge is -2.31. The van der Waals surface area contributed by atoms with Crippen LogP contribution in [0.5, 0.6) is 0 Å². The first-order valence-electron chi connectivity index (χ1n) is 10.0. The maximum Gasteiger partial charge on any atom is 0.242 e. The number of piperidine rings is 1. The molecular formula is C22H31N3O2. The van der Waals surface area contributed by atoms with E-state index < -0.39 is 0 Å². The van der Waals surface area contributed by atoms with E-state index in [1.54, 1.807) is 7.05 Å². The maximum atomic E-state index is 12.4. The molecule has 0 bridgehead atoms. The van der Waals surface area contributed by atoms with Crippen LogP contribution in [0.1, 0.15) is 55.2 Å². The summed E-state index contributed by atoms with van der Waals surface area (Å²) in [6.45, 7) is 10.6. The fraction of sp³-hybridized carbons (Fsp3) is 0.545. The fourth-order valence-electron chi connectivity index (χ4n) is 4.42. The SMILES string of the molecule is C=C1c2ccc(C3CCN(CC)CC3)cc2CN1C(CCC=O)C(=O)NC. The summed E-state index contributed by atoms with van der Waals surface area (Å²) in [7, 11) is 1.64. The molecule has 1 aromatic rings. The Morgan fingerprint density at radius 1 is 1.37 bits per heavy atom. The summed E-state index contributed by atoms with van der Waals surface area (Å²) < 4.78 is 0. The van der Waals surface area contributed by atoms with Crippen LogP contribution in [0.25, 0.3) is 5.70 Å². The smallest absolute Gasteiger partial charge is 0.242 e. The van der Waals surface area contributed by atoms with E-state index in [-0.39, 0.29) is 11.9 Å². The quantitative estimate of drug-likeness (QED) is 0.751. The van der Waals surface area contributed by atoms with E-state index in [1.165, 1.54) is 37.1 Å². The van der Waals surface area contributed by atoms with Gasteiger partial charge < -0.3 is 19.9 Å². The van der Waals surface area contributed by atoms with Crippen molar-refractivity contribution in [1.82, 2.24) is 15.1 Å². The number of benzene rings is 1. The normalized spacial score (nSPS) is 19.0. The van der Waals surface area contributed by atoms with Crippen LogP contribution in [0.3, 0.4) is 0 Å². The lowest BCUT2D eigenvalue weighted by Crippen LogP contribution is -2.42. The van der Waals surface area contributed by atoms with Gasteiger partial charge in [0.25, 0.3) is 0 Å². The van der Waals surface area contributed by atoms with Crippen LogP contribution in [0, 0.1) is 0 Å². The molecule has 1 fully saturated rings. The molecule has 2 heterocycles. The summed E-state index contributed by atoms with van der Waals surface area (Å²) in [5.74, 6) is 0.559. The second-order valence-electron chi connectivity index (χ2n) is 7.57. The molecule has 146 valence electrons. The van der Waals surface area contributed by atoms with Crippen LogP contribution in [0.4, 0.5) is 0 Å². The molecule has 1 N–H and O–H groups in total. The van der Waals surface area contributed by atoms with Crippen LogP contribution in [0.2, 0.25) is 0 Å². The van der Waals surface area contributed by atoms with E-state index in [9.17, 15) is 9.59 Å². The van der Waals surface area contributed by atoms with E-state index in [0.29, 0.717) is 25.3 Å². The van der Waals surface area contributed by atoms with Crippen LogP contribution in [-0.2, 0) is 16.1 Å². The average molecular weight is 370 g/mol. The lowest BCUT2D eigenvalue weighted by molar-refractivity contribution is -0.125. The third kappa shape index (κ3) is 4.08. The van der Waals surface area contributed by atoms with Gasteiger partial charge in [-0.3, -0.25) is 4.79 Å². The number of amides is 1. The fourth-order valence-corrected chi connectivity index (χ4v) is 4.42. The summed E-state index contributed by atoms with van der Waals surface area (Å²) in [5, 5.41) is 2.73. The van der Waals surface area contributed by atoms with Crippen molar-refractivity contribution in [1.29, 1.82) is 0 Å². The third-order valence-corrected chi connectivity index (χ3v) is 6.12. The Balaban J connectivity index is 1.76. The van der Waals surface area contributed by atoms with Gasteiger partial charge in [-0.2, -0.15) is 0 Å². The summed E-state index contributed by atoms with van der Waals surface area (Å²) in [4.78, 5) is 27.7. The van der Waals surface area contributed by atoms with Gasteiger partial charge in [0.1, 0.15) is 12.3 Å². The molecular weight excluding hydrogens is 338 g/mol. The largest absolute Gasteiger partial charge is 0.357 e. The summed E-state index contributed by atoms with van der Waals surface area (Å²) in [5.41, 5.74) is 4.67. The van der Waals surface area contributed by atoms with E-state index in [2.05, 4.69) is 46.8 Å². The van der Waals surface area contributed by atoms with Crippen LogP contribution >= 0.6 is 0 Å². The Hall–Kier alpha value is -2.14. The maximum absolute atomic E-state index is 12.4. The monoisotopic (exact) mass is 369 g/mol. The first-order chi connectivity index (χ1) is 13.1. The molecule has 0 aromatic heterocycles. The van der Waals surface area contributed by atoms with Gasteiger partial charge in [-0.1, -0.05) is 31.7 Å². The minimum Gasteiger partial charge on any atom is -0.357 e. The van der Waals surface area contributed by atoms with Crippen molar-refractivity contribution in [3.63, 3.8) is 0 Å². The molecule has 27 heavy (non-hydrogen) atoms. The van der Waals surface area contributed by atoms with Gasteiger partial charge in [0.15, 0.2) is 0 Å². The van der Waals surface area contributed by atoms with E-state index in [4.69, 9.17) is 0 Å². The predicted molar refractivity (Wildman–Crippen MR) is 108 cm³/mol. The Bertz CT molecular complexity index is 708. The zero-order valence-corrected chi connectivity index (χ0v) is 16.5. The summed E-state index contributed by atoms with van der Waals surface area (Å²) in [6.07, 6.45) is 4.18. The average Bonchev–Trinajstić information content (AvgIpc) is 3.04. The van der Waals surface area contributed by atoms with Crippen LogP contribution < -0.4 is 5.32 Å². The molecule has 1 saturated heterocycles. The van der Waals surface area contributed by atoms with Crippen molar-refractivity contribution in [3.8, 4) is 0 Å². The molecule has 1 aromatic carbocycles. The number of rotatable bonds is 7. The number of hydrogen-bond donors (Lipinski definition) is 1. The zero-order chi connectivity index (χ0) is 19.4. The van der Waals surface area contributed by atoms with Gasteiger partial charge in [-0.25, -0.2) is 0 Å². The van der Waals surface area contributed by atoms with Crippen molar-refractivity contribution >= 4 is 17.9 Å². The molecule has 1 unspecified atom stereocenters. The highest BCUT2D eigenvalue weighted by molar-refractivity contribution is 5.85. The Morgan fingerprint density at radius 3 is 2.74 bits per heavy atom. The molecule has 2 aliphatic rings. The Kier molecular flexibility index (Phi) is 6.32. The highest BCUT2D eigenvalue weighted by Gasteiger charge is 2.32. The molecule has 0 spiro atoms. The van der Waals surface area contributed by atoms with Gasteiger partial charge in [0.2, 0.25) is 5.91 Å². The highest BCUT2D eigenvalue weighted by atomic mass is 16.2. The molecule has 3 rings (SSSR count). The minimum absolute atomic E-state index is 0.0574. The van der Waals surface area contributed by atoms with E-state index in [0.717, 1.165) is 24.1 Å². The number of carbonyl (C=O) groups excluding carboxylic acids is 2. The Morgan fingerprint density at radius 2 is 2.11 bits per heavy atom. The van der Waals surface area contributed by atoms with Gasteiger partial charge in [0.05, 0.1) is 0 Å². The molecule has 2 aliphatic heterocycles. The standard InChI is InChI=1S/C22H31N3O2/c1-4-24-11-9-17(10-12-24)18-7-8-20-16(2)25(15-19(20)14-18)21(6-5-13-26)22(27)23-3/h7-8,13-14,17,21H,2,4-6,9-12,15H2,1,3H3,(H,23,27).